The van der Waals surface area contributed by atoms with Gasteiger partial charge in [-0.15, -0.1) is 0 Å². The van der Waals surface area contributed by atoms with Gasteiger partial charge in [0.1, 0.15) is 6.10 Å². The number of ether oxygens (including phenoxy) is 1. The van der Waals surface area contributed by atoms with Gasteiger partial charge in [0.05, 0.1) is 6.61 Å². The number of aromatic nitrogens is 1. The summed E-state index contributed by atoms with van der Waals surface area (Å²) in [4.78, 5) is 18.7. The van der Waals surface area contributed by atoms with Crippen LogP contribution in [0.25, 0.3) is 0 Å². The summed E-state index contributed by atoms with van der Waals surface area (Å²) in [6.07, 6.45) is 3.14. The Hall–Kier alpha value is -1.76. The van der Waals surface area contributed by atoms with Crippen molar-refractivity contribution in [3.8, 4) is 0 Å². The van der Waals surface area contributed by atoms with Crippen LogP contribution in [0.5, 0.6) is 0 Å². The summed E-state index contributed by atoms with van der Waals surface area (Å²) < 4.78 is 5.61. The van der Waals surface area contributed by atoms with E-state index in [1.807, 2.05) is 28.5 Å². The molecule has 1 aliphatic rings. The Labute approximate surface area is 133 Å². The summed E-state index contributed by atoms with van der Waals surface area (Å²) in [5.74, 6) is 0.0299. The second kappa shape index (κ2) is 7.49. The Morgan fingerprint density at radius 1 is 1.41 bits per heavy atom. The molecule has 1 saturated heterocycles. The fourth-order valence-corrected chi connectivity index (χ4v) is 3.11. The van der Waals surface area contributed by atoms with Crippen LogP contribution in [0, 0.1) is 0 Å². The minimum absolute atomic E-state index is 0.0299. The Morgan fingerprint density at radius 2 is 2.32 bits per heavy atom. The van der Waals surface area contributed by atoms with Crippen molar-refractivity contribution in [2.24, 2.45) is 0 Å². The number of pyridine rings is 1. The van der Waals surface area contributed by atoms with Crippen LogP contribution in [0.1, 0.15) is 11.1 Å². The van der Waals surface area contributed by atoms with Gasteiger partial charge in [-0.3, -0.25) is 9.78 Å². The topological polar surface area (TPSA) is 54.5 Å². The van der Waals surface area contributed by atoms with Gasteiger partial charge in [-0.05, 0) is 34.0 Å². The average molecular weight is 317 g/mol. The molecule has 0 aliphatic carbocycles. The van der Waals surface area contributed by atoms with E-state index in [4.69, 9.17) is 4.74 Å². The average Bonchev–Trinajstić information content (AvgIpc) is 3.08. The minimum Gasteiger partial charge on any atom is -0.366 e. The van der Waals surface area contributed by atoms with Crippen molar-refractivity contribution < 1.29 is 9.53 Å². The first-order chi connectivity index (χ1) is 10.8. The molecule has 5 nitrogen and oxygen atoms in total. The lowest BCUT2D eigenvalue weighted by Crippen LogP contribution is -2.49. The van der Waals surface area contributed by atoms with Gasteiger partial charge < -0.3 is 15.0 Å². The maximum absolute atomic E-state index is 12.8. The standard InChI is InChI=1S/C16H19N3O2S/c20-16(15-9-18-5-6-21-15)19(11-14-3-7-22-12-14)10-13-2-1-4-17-8-13/h1-4,7-8,12,15,18H,5-6,9-11H2/t15-/m1/s1. The molecule has 22 heavy (non-hydrogen) atoms. The van der Waals surface area contributed by atoms with Crippen molar-refractivity contribution in [2.75, 3.05) is 19.7 Å². The van der Waals surface area contributed by atoms with E-state index < -0.39 is 6.10 Å². The molecule has 1 fully saturated rings. The van der Waals surface area contributed by atoms with Crippen LogP contribution < -0.4 is 5.32 Å². The van der Waals surface area contributed by atoms with Crippen molar-refractivity contribution in [1.82, 2.24) is 15.2 Å². The SMILES string of the molecule is O=C([C@H]1CNCCO1)N(Cc1cccnc1)Cc1ccsc1. The van der Waals surface area contributed by atoms with Gasteiger partial charge in [-0.25, -0.2) is 0 Å². The van der Waals surface area contributed by atoms with E-state index in [9.17, 15) is 4.79 Å². The molecule has 3 heterocycles. The van der Waals surface area contributed by atoms with Gasteiger partial charge in [0, 0.05) is 38.6 Å². The molecule has 0 radical (unpaired) electrons. The third kappa shape index (κ3) is 3.91. The van der Waals surface area contributed by atoms with E-state index in [-0.39, 0.29) is 5.91 Å². The van der Waals surface area contributed by atoms with Crippen LogP contribution in [0.3, 0.4) is 0 Å². The molecule has 2 aromatic heterocycles. The fourth-order valence-electron chi connectivity index (χ4n) is 2.45. The second-order valence-corrected chi connectivity index (χ2v) is 6.03. The maximum Gasteiger partial charge on any atom is 0.253 e. The number of hydrogen-bond acceptors (Lipinski definition) is 5. The minimum atomic E-state index is -0.399. The molecular weight excluding hydrogens is 298 g/mol. The van der Waals surface area contributed by atoms with Gasteiger partial charge in [0.2, 0.25) is 0 Å². The molecular formula is C16H19N3O2S. The number of nitrogens with zero attached hydrogens (tertiary/aromatic N) is 2. The van der Waals surface area contributed by atoms with Gasteiger partial charge in [0.15, 0.2) is 0 Å². The number of hydrogen-bond donors (Lipinski definition) is 1. The molecule has 1 N–H and O–H groups in total. The normalized spacial score (nSPS) is 18.1. The molecule has 0 bridgehead atoms. The van der Waals surface area contributed by atoms with E-state index in [2.05, 4.69) is 15.7 Å². The number of carbonyl (C=O) groups is 1. The third-order valence-electron chi connectivity index (χ3n) is 3.56. The van der Waals surface area contributed by atoms with Crippen molar-refractivity contribution >= 4 is 17.2 Å². The lowest BCUT2D eigenvalue weighted by molar-refractivity contribution is -0.146. The van der Waals surface area contributed by atoms with Crippen LogP contribution in [0.4, 0.5) is 0 Å². The number of nitrogens with one attached hydrogen (secondary N) is 1. The van der Waals surface area contributed by atoms with Crippen molar-refractivity contribution in [1.29, 1.82) is 0 Å². The molecule has 3 rings (SSSR count). The first-order valence-corrected chi connectivity index (χ1v) is 8.28. The molecule has 6 heteroatoms. The van der Waals surface area contributed by atoms with Crippen LogP contribution >= 0.6 is 11.3 Å². The molecule has 0 spiro atoms. The van der Waals surface area contributed by atoms with E-state index >= 15 is 0 Å². The summed E-state index contributed by atoms with van der Waals surface area (Å²) >= 11 is 1.64. The van der Waals surface area contributed by atoms with E-state index in [0.717, 1.165) is 17.7 Å². The van der Waals surface area contributed by atoms with Crippen LogP contribution in [0.2, 0.25) is 0 Å². The molecule has 0 saturated carbocycles. The summed E-state index contributed by atoms with van der Waals surface area (Å²) in [5.41, 5.74) is 2.17. The quantitative estimate of drug-likeness (QED) is 0.911. The van der Waals surface area contributed by atoms with Crippen LogP contribution in [-0.2, 0) is 22.6 Å². The monoisotopic (exact) mass is 317 g/mol. The van der Waals surface area contributed by atoms with Crippen LogP contribution in [0.15, 0.2) is 41.4 Å². The predicted molar refractivity (Wildman–Crippen MR) is 85.4 cm³/mol. The van der Waals surface area contributed by atoms with Gasteiger partial charge in [-0.2, -0.15) is 11.3 Å². The number of rotatable bonds is 5. The van der Waals surface area contributed by atoms with Crippen molar-refractivity contribution in [3.63, 3.8) is 0 Å². The second-order valence-electron chi connectivity index (χ2n) is 5.25. The molecule has 1 aliphatic heterocycles. The highest BCUT2D eigenvalue weighted by atomic mass is 32.1. The zero-order chi connectivity index (χ0) is 15.2. The first-order valence-electron chi connectivity index (χ1n) is 7.34. The zero-order valence-corrected chi connectivity index (χ0v) is 13.1. The van der Waals surface area contributed by atoms with Gasteiger partial charge in [0.25, 0.3) is 5.91 Å². The summed E-state index contributed by atoms with van der Waals surface area (Å²) in [6.45, 7) is 3.10. The van der Waals surface area contributed by atoms with E-state index in [1.54, 1.807) is 23.7 Å². The van der Waals surface area contributed by atoms with Crippen molar-refractivity contribution in [2.45, 2.75) is 19.2 Å². The molecule has 2 aromatic rings. The maximum atomic E-state index is 12.8. The third-order valence-corrected chi connectivity index (χ3v) is 4.30. The lowest BCUT2D eigenvalue weighted by Gasteiger charge is -2.29. The predicted octanol–water partition coefficient (Wildman–Crippen LogP) is 1.66. The van der Waals surface area contributed by atoms with Crippen LogP contribution in [-0.4, -0.2) is 41.6 Å². The largest absolute Gasteiger partial charge is 0.366 e. The summed E-state index contributed by atoms with van der Waals surface area (Å²) in [5, 5.41) is 7.31. The molecule has 0 unspecified atom stereocenters. The molecule has 1 atom stereocenters. The number of thiophene rings is 1. The van der Waals surface area contributed by atoms with Gasteiger partial charge >= 0.3 is 0 Å². The summed E-state index contributed by atoms with van der Waals surface area (Å²) in [7, 11) is 0. The summed E-state index contributed by atoms with van der Waals surface area (Å²) in [6, 6.07) is 5.93. The highest BCUT2D eigenvalue weighted by Crippen LogP contribution is 2.15. The Kier molecular flexibility index (Phi) is 5.15. The first kappa shape index (κ1) is 15.1. The van der Waals surface area contributed by atoms with E-state index in [0.29, 0.717) is 26.2 Å². The Morgan fingerprint density at radius 3 is 3.00 bits per heavy atom. The molecule has 116 valence electrons. The number of carbonyl (C=O) groups excluding carboxylic acids is 1. The number of amides is 1. The number of morpholine rings is 1. The Balaban J connectivity index is 1.74. The lowest BCUT2D eigenvalue weighted by atomic mass is 10.2. The smallest absolute Gasteiger partial charge is 0.253 e. The zero-order valence-electron chi connectivity index (χ0n) is 12.3. The molecule has 0 aromatic carbocycles. The van der Waals surface area contributed by atoms with E-state index in [1.165, 1.54) is 0 Å². The highest BCUT2D eigenvalue weighted by Gasteiger charge is 2.27. The fraction of sp³-hybridized carbons (Fsp3) is 0.375. The highest BCUT2D eigenvalue weighted by molar-refractivity contribution is 7.07. The van der Waals surface area contributed by atoms with Gasteiger partial charge in [-0.1, -0.05) is 6.07 Å². The van der Waals surface area contributed by atoms with Crippen molar-refractivity contribution in [3.05, 3.63) is 52.5 Å². The molecule has 1 amide bonds. The Bertz CT molecular complexity index is 583.